The van der Waals surface area contributed by atoms with Gasteiger partial charge in [0.1, 0.15) is 0 Å². The maximum absolute atomic E-state index is 6.04. The molecule has 0 bridgehead atoms. The van der Waals surface area contributed by atoms with Gasteiger partial charge >= 0.3 is 0 Å². The van der Waals surface area contributed by atoms with Gasteiger partial charge in [0.25, 0.3) is 0 Å². The molecule has 3 rings (SSSR count). The summed E-state index contributed by atoms with van der Waals surface area (Å²) >= 11 is 0. The Morgan fingerprint density at radius 2 is 1.75 bits per heavy atom. The normalized spacial score (nSPS) is 17.6. The molecule has 1 fully saturated rings. The van der Waals surface area contributed by atoms with E-state index in [1.54, 1.807) is 0 Å². The topological polar surface area (TPSA) is 50.9 Å². The van der Waals surface area contributed by atoms with Crippen molar-refractivity contribution in [2.45, 2.75) is 51.0 Å². The van der Waals surface area contributed by atoms with Crippen molar-refractivity contribution in [1.29, 1.82) is 0 Å². The highest BCUT2D eigenvalue weighted by atomic mass is 14.9. The molecule has 2 aromatic rings. The largest absolute Gasteiger partial charge is 0.398 e. The predicted octanol–water partition coefficient (Wildman–Crippen LogP) is 4.34. The van der Waals surface area contributed by atoms with Crippen molar-refractivity contribution < 1.29 is 0 Å². The fourth-order valence-electron chi connectivity index (χ4n) is 3.13. The number of nitrogens with two attached hydrogens (primary N) is 1. The zero-order chi connectivity index (χ0) is 13.8. The molecule has 0 spiro atoms. The van der Waals surface area contributed by atoms with E-state index in [4.69, 9.17) is 5.73 Å². The summed E-state index contributed by atoms with van der Waals surface area (Å²) in [6.07, 6.45) is 11.2. The minimum absolute atomic E-state index is 0.573. The Bertz CT molecular complexity index is 571. The van der Waals surface area contributed by atoms with Gasteiger partial charge in [-0.25, -0.2) is 0 Å². The zero-order valence-electron chi connectivity index (χ0n) is 11.9. The molecule has 1 aromatic carbocycles. The summed E-state index contributed by atoms with van der Waals surface area (Å²) in [4.78, 5) is 4.51. The number of fused-ring (bicyclic) bond motifs is 1. The number of pyridine rings is 1. The van der Waals surface area contributed by atoms with E-state index in [0.717, 1.165) is 22.3 Å². The van der Waals surface area contributed by atoms with Crippen molar-refractivity contribution in [2.24, 2.45) is 0 Å². The Hall–Kier alpha value is -1.77. The Balaban J connectivity index is 1.84. The molecular weight excluding hydrogens is 246 g/mol. The number of benzene rings is 1. The summed E-state index contributed by atoms with van der Waals surface area (Å²) < 4.78 is 0. The highest BCUT2D eigenvalue weighted by molar-refractivity contribution is 5.98. The van der Waals surface area contributed by atoms with Gasteiger partial charge in [0.15, 0.2) is 0 Å². The summed E-state index contributed by atoms with van der Waals surface area (Å²) in [6.45, 7) is 0. The number of hydrogen-bond acceptors (Lipinski definition) is 3. The molecule has 0 atom stereocenters. The van der Waals surface area contributed by atoms with Crippen LogP contribution in [0.2, 0.25) is 0 Å². The number of nitrogens with one attached hydrogen (secondary N) is 1. The van der Waals surface area contributed by atoms with E-state index >= 15 is 0 Å². The molecule has 0 amide bonds. The van der Waals surface area contributed by atoms with Crippen LogP contribution in [0.5, 0.6) is 0 Å². The lowest BCUT2D eigenvalue weighted by Gasteiger charge is -2.23. The average Bonchev–Trinajstić information content (AvgIpc) is 2.44. The molecule has 20 heavy (non-hydrogen) atoms. The fourth-order valence-corrected chi connectivity index (χ4v) is 3.13. The van der Waals surface area contributed by atoms with Gasteiger partial charge in [-0.3, -0.25) is 4.98 Å². The molecule has 1 aliphatic carbocycles. The number of nitrogen functional groups attached to an aromatic ring is 1. The van der Waals surface area contributed by atoms with Crippen LogP contribution < -0.4 is 11.1 Å². The number of aromatic nitrogens is 1. The maximum Gasteiger partial charge on any atom is 0.0953 e. The second kappa shape index (κ2) is 6.12. The van der Waals surface area contributed by atoms with Gasteiger partial charge in [-0.2, -0.15) is 0 Å². The van der Waals surface area contributed by atoms with Crippen LogP contribution in [-0.2, 0) is 0 Å². The molecule has 1 aliphatic rings. The van der Waals surface area contributed by atoms with Crippen molar-refractivity contribution in [1.82, 2.24) is 4.98 Å². The summed E-state index contributed by atoms with van der Waals surface area (Å²) in [6, 6.07) is 8.61. The van der Waals surface area contributed by atoms with E-state index in [1.165, 1.54) is 44.9 Å². The number of rotatable bonds is 2. The molecule has 3 heteroatoms. The van der Waals surface area contributed by atoms with Gasteiger partial charge in [0.2, 0.25) is 0 Å². The van der Waals surface area contributed by atoms with Crippen LogP contribution in [0.4, 0.5) is 11.4 Å². The SMILES string of the molecule is Nc1ccc(NC2CCCCCCC2)c2ncccc12. The van der Waals surface area contributed by atoms with Gasteiger partial charge in [0.05, 0.1) is 11.2 Å². The second-order valence-corrected chi connectivity index (χ2v) is 5.79. The van der Waals surface area contributed by atoms with E-state index in [9.17, 15) is 0 Å². The zero-order valence-corrected chi connectivity index (χ0v) is 11.9. The molecule has 0 unspecified atom stereocenters. The van der Waals surface area contributed by atoms with Gasteiger partial charge < -0.3 is 11.1 Å². The first-order valence-corrected chi connectivity index (χ1v) is 7.74. The lowest BCUT2D eigenvalue weighted by molar-refractivity contribution is 0.471. The smallest absolute Gasteiger partial charge is 0.0953 e. The molecule has 1 heterocycles. The summed E-state index contributed by atoms with van der Waals surface area (Å²) in [7, 11) is 0. The van der Waals surface area contributed by atoms with Crippen molar-refractivity contribution in [3.05, 3.63) is 30.5 Å². The van der Waals surface area contributed by atoms with Crippen LogP contribution in [0.15, 0.2) is 30.5 Å². The second-order valence-electron chi connectivity index (χ2n) is 5.79. The molecule has 1 aromatic heterocycles. The highest BCUT2D eigenvalue weighted by Gasteiger charge is 2.13. The summed E-state index contributed by atoms with van der Waals surface area (Å²) in [5.41, 5.74) is 8.96. The molecule has 106 valence electrons. The lowest BCUT2D eigenvalue weighted by atomic mass is 9.96. The highest BCUT2D eigenvalue weighted by Crippen LogP contribution is 2.28. The summed E-state index contributed by atoms with van der Waals surface area (Å²) in [5, 5.41) is 4.75. The van der Waals surface area contributed by atoms with E-state index in [-0.39, 0.29) is 0 Å². The van der Waals surface area contributed by atoms with E-state index in [0.29, 0.717) is 6.04 Å². The van der Waals surface area contributed by atoms with Crippen LogP contribution in [-0.4, -0.2) is 11.0 Å². The third-order valence-corrected chi connectivity index (χ3v) is 4.27. The monoisotopic (exact) mass is 269 g/mol. The summed E-state index contributed by atoms with van der Waals surface area (Å²) in [5.74, 6) is 0. The van der Waals surface area contributed by atoms with E-state index in [1.807, 2.05) is 24.4 Å². The first-order valence-electron chi connectivity index (χ1n) is 7.74. The number of hydrogen-bond donors (Lipinski definition) is 2. The van der Waals surface area contributed by atoms with Crippen molar-refractivity contribution >= 4 is 22.3 Å². The van der Waals surface area contributed by atoms with Crippen molar-refractivity contribution in [3.63, 3.8) is 0 Å². The molecule has 0 radical (unpaired) electrons. The van der Waals surface area contributed by atoms with Crippen LogP contribution >= 0.6 is 0 Å². The molecule has 1 saturated carbocycles. The van der Waals surface area contributed by atoms with Crippen molar-refractivity contribution in [2.75, 3.05) is 11.1 Å². The lowest BCUT2D eigenvalue weighted by Crippen LogP contribution is -2.20. The maximum atomic E-state index is 6.04. The third-order valence-electron chi connectivity index (χ3n) is 4.27. The molecule has 0 aliphatic heterocycles. The Morgan fingerprint density at radius 1 is 1.00 bits per heavy atom. The number of nitrogens with zero attached hydrogens (tertiary/aromatic N) is 1. The number of anilines is 2. The van der Waals surface area contributed by atoms with E-state index in [2.05, 4.69) is 16.4 Å². The van der Waals surface area contributed by atoms with Crippen LogP contribution in [0.25, 0.3) is 10.9 Å². The predicted molar refractivity (Wildman–Crippen MR) is 85.9 cm³/mol. The van der Waals surface area contributed by atoms with Gasteiger partial charge in [0, 0.05) is 23.3 Å². The minimum Gasteiger partial charge on any atom is -0.398 e. The van der Waals surface area contributed by atoms with E-state index < -0.39 is 0 Å². The van der Waals surface area contributed by atoms with Crippen molar-refractivity contribution in [3.8, 4) is 0 Å². The standard InChI is InChI=1S/C17H23N3/c18-15-10-11-16(17-14(15)9-6-12-19-17)20-13-7-4-2-1-3-5-8-13/h6,9-13,20H,1-5,7-8,18H2. The van der Waals surface area contributed by atoms with Gasteiger partial charge in [-0.15, -0.1) is 0 Å². The van der Waals surface area contributed by atoms with Gasteiger partial charge in [-0.05, 0) is 37.1 Å². The minimum atomic E-state index is 0.573. The van der Waals surface area contributed by atoms with Crippen LogP contribution in [0.1, 0.15) is 44.9 Å². The Kier molecular flexibility index (Phi) is 4.05. The fraction of sp³-hybridized carbons (Fsp3) is 0.471. The van der Waals surface area contributed by atoms with Crippen LogP contribution in [0.3, 0.4) is 0 Å². The molecule has 3 N–H and O–H groups in total. The quantitative estimate of drug-likeness (QED) is 0.797. The molecular formula is C17H23N3. The Morgan fingerprint density at radius 3 is 2.55 bits per heavy atom. The van der Waals surface area contributed by atoms with Crippen LogP contribution in [0, 0.1) is 0 Å². The first-order chi connectivity index (χ1) is 9.84. The molecule has 0 saturated heterocycles. The Labute approximate surface area is 120 Å². The average molecular weight is 269 g/mol. The van der Waals surface area contributed by atoms with Gasteiger partial charge in [-0.1, -0.05) is 32.1 Å². The third kappa shape index (κ3) is 2.87. The first kappa shape index (κ1) is 13.2. The molecule has 3 nitrogen and oxygen atoms in total.